The SMILES string of the molecule is COc1cc(/C=C2\N=C(c3ccccc3C)OC2=O)cc(Cl)c1OC(=O)c1ccc(C)cc1. The Labute approximate surface area is 196 Å². The number of nitrogens with zero attached hydrogens (tertiary/aromatic N) is 1. The van der Waals surface area contributed by atoms with Crippen LogP contribution in [-0.2, 0) is 9.53 Å². The summed E-state index contributed by atoms with van der Waals surface area (Å²) in [5.74, 6) is -0.563. The van der Waals surface area contributed by atoms with Gasteiger partial charge in [-0.2, -0.15) is 0 Å². The maximum atomic E-state index is 12.5. The molecule has 3 aromatic carbocycles. The number of ether oxygens (including phenoxy) is 3. The fraction of sp³-hybridized carbons (Fsp3) is 0.115. The third kappa shape index (κ3) is 4.81. The van der Waals surface area contributed by atoms with Crippen LogP contribution in [0.15, 0.2) is 71.4 Å². The summed E-state index contributed by atoms with van der Waals surface area (Å²) in [5.41, 5.74) is 3.75. The average molecular weight is 462 g/mol. The molecule has 0 N–H and O–H groups in total. The summed E-state index contributed by atoms with van der Waals surface area (Å²) < 4.78 is 16.2. The van der Waals surface area contributed by atoms with Gasteiger partial charge >= 0.3 is 11.9 Å². The van der Waals surface area contributed by atoms with Crippen molar-refractivity contribution in [3.8, 4) is 11.5 Å². The van der Waals surface area contributed by atoms with E-state index in [1.54, 1.807) is 24.3 Å². The molecule has 6 nitrogen and oxygen atoms in total. The van der Waals surface area contributed by atoms with Crippen LogP contribution in [0.3, 0.4) is 0 Å². The van der Waals surface area contributed by atoms with Crippen molar-refractivity contribution >= 4 is 35.5 Å². The Hall–Kier alpha value is -3.90. The largest absolute Gasteiger partial charge is 0.493 e. The van der Waals surface area contributed by atoms with Gasteiger partial charge in [0.2, 0.25) is 5.90 Å². The monoisotopic (exact) mass is 461 g/mol. The number of halogens is 1. The van der Waals surface area contributed by atoms with Gasteiger partial charge in [-0.05, 0) is 61.4 Å². The molecule has 4 rings (SSSR count). The number of methoxy groups -OCH3 is 1. The normalized spacial score (nSPS) is 14.1. The molecule has 0 aromatic heterocycles. The van der Waals surface area contributed by atoms with E-state index in [4.69, 9.17) is 25.8 Å². The molecule has 166 valence electrons. The molecule has 0 amide bonds. The van der Waals surface area contributed by atoms with Crippen molar-refractivity contribution in [2.24, 2.45) is 4.99 Å². The zero-order valence-corrected chi connectivity index (χ0v) is 19.0. The summed E-state index contributed by atoms with van der Waals surface area (Å²) in [6, 6.07) is 17.6. The van der Waals surface area contributed by atoms with Crippen molar-refractivity contribution in [2.75, 3.05) is 7.11 Å². The topological polar surface area (TPSA) is 74.2 Å². The van der Waals surface area contributed by atoms with Crippen LogP contribution >= 0.6 is 11.6 Å². The maximum absolute atomic E-state index is 12.5. The summed E-state index contributed by atoms with van der Waals surface area (Å²) in [4.78, 5) is 29.2. The van der Waals surface area contributed by atoms with E-state index < -0.39 is 11.9 Å². The molecular weight excluding hydrogens is 442 g/mol. The minimum Gasteiger partial charge on any atom is -0.493 e. The minimum atomic E-state index is -0.571. The summed E-state index contributed by atoms with van der Waals surface area (Å²) in [6.45, 7) is 3.84. The predicted molar refractivity (Wildman–Crippen MR) is 126 cm³/mol. The lowest BCUT2D eigenvalue weighted by Crippen LogP contribution is -2.09. The Bertz CT molecular complexity index is 1310. The number of benzene rings is 3. The molecule has 0 saturated heterocycles. The van der Waals surface area contributed by atoms with Gasteiger partial charge in [0.05, 0.1) is 17.7 Å². The summed E-state index contributed by atoms with van der Waals surface area (Å²) in [7, 11) is 1.43. The van der Waals surface area contributed by atoms with Crippen LogP contribution in [0.2, 0.25) is 5.02 Å². The second-order valence-electron chi connectivity index (χ2n) is 7.44. The molecule has 1 aliphatic rings. The molecule has 1 aliphatic heterocycles. The molecule has 0 atom stereocenters. The first kappa shape index (κ1) is 22.3. The average Bonchev–Trinajstić information content (AvgIpc) is 3.15. The van der Waals surface area contributed by atoms with E-state index in [0.29, 0.717) is 11.1 Å². The van der Waals surface area contributed by atoms with Gasteiger partial charge in [-0.3, -0.25) is 0 Å². The zero-order valence-electron chi connectivity index (χ0n) is 18.2. The molecule has 0 bridgehead atoms. The number of carbonyl (C=O) groups excluding carboxylic acids is 2. The molecule has 3 aromatic rings. The number of hydrogen-bond acceptors (Lipinski definition) is 6. The molecule has 0 aliphatic carbocycles. The van der Waals surface area contributed by atoms with Crippen LogP contribution in [0.4, 0.5) is 0 Å². The van der Waals surface area contributed by atoms with E-state index in [-0.39, 0.29) is 28.1 Å². The van der Waals surface area contributed by atoms with Crippen molar-refractivity contribution in [3.63, 3.8) is 0 Å². The third-order valence-electron chi connectivity index (χ3n) is 5.03. The number of rotatable bonds is 5. The zero-order chi connectivity index (χ0) is 23.5. The first-order valence-corrected chi connectivity index (χ1v) is 10.5. The number of hydrogen-bond donors (Lipinski definition) is 0. The van der Waals surface area contributed by atoms with E-state index in [0.717, 1.165) is 16.7 Å². The van der Waals surface area contributed by atoms with E-state index in [2.05, 4.69) is 4.99 Å². The number of carbonyl (C=O) groups is 2. The molecule has 0 radical (unpaired) electrons. The second kappa shape index (κ2) is 9.30. The van der Waals surface area contributed by atoms with Gasteiger partial charge in [0, 0.05) is 5.56 Å². The first-order chi connectivity index (χ1) is 15.9. The number of cyclic esters (lactones) is 1. The number of aliphatic imine (C=N–C) groups is 1. The Balaban J connectivity index is 1.63. The highest BCUT2D eigenvalue weighted by Crippen LogP contribution is 2.38. The van der Waals surface area contributed by atoms with Crippen molar-refractivity contribution in [1.29, 1.82) is 0 Å². The summed E-state index contributed by atoms with van der Waals surface area (Å²) in [5, 5.41) is 0.149. The second-order valence-corrected chi connectivity index (χ2v) is 7.85. The van der Waals surface area contributed by atoms with Gasteiger partial charge in [0.25, 0.3) is 0 Å². The van der Waals surface area contributed by atoms with Gasteiger partial charge in [0.15, 0.2) is 17.2 Å². The maximum Gasteiger partial charge on any atom is 0.363 e. The van der Waals surface area contributed by atoms with Gasteiger partial charge in [-0.15, -0.1) is 0 Å². The van der Waals surface area contributed by atoms with Crippen molar-refractivity contribution in [2.45, 2.75) is 13.8 Å². The number of esters is 2. The fourth-order valence-electron chi connectivity index (χ4n) is 3.26. The molecule has 0 saturated carbocycles. The molecule has 33 heavy (non-hydrogen) atoms. The lowest BCUT2D eigenvalue weighted by Gasteiger charge is -2.12. The Morgan fingerprint density at radius 1 is 1.06 bits per heavy atom. The first-order valence-electron chi connectivity index (χ1n) is 10.1. The standard InChI is InChI=1S/C26H20ClNO5/c1-15-8-10-18(11-9-15)25(29)32-23-20(27)12-17(14-22(23)31-3)13-21-26(30)33-24(28-21)19-7-5-4-6-16(19)2/h4-14H,1-3H3/b21-13-. The summed E-state index contributed by atoms with van der Waals surface area (Å²) >= 11 is 6.40. The third-order valence-corrected chi connectivity index (χ3v) is 5.31. The van der Waals surface area contributed by atoms with Gasteiger partial charge in [-0.1, -0.05) is 47.5 Å². The van der Waals surface area contributed by atoms with Crippen molar-refractivity contribution in [3.05, 3.63) is 99.2 Å². The van der Waals surface area contributed by atoms with Crippen LogP contribution in [0.25, 0.3) is 6.08 Å². The molecule has 0 fully saturated rings. The fourth-order valence-corrected chi connectivity index (χ4v) is 3.52. The summed E-state index contributed by atoms with van der Waals surface area (Å²) in [6.07, 6.45) is 1.54. The number of aryl methyl sites for hydroxylation is 2. The van der Waals surface area contributed by atoms with Crippen LogP contribution < -0.4 is 9.47 Å². The van der Waals surface area contributed by atoms with Crippen LogP contribution in [0, 0.1) is 13.8 Å². The minimum absolute atomic E-state index is 0.0880. The highest BCUT2D eigenvalue weighted by atomic mass is 35.5. The quantitative estimate of drug-likeness (QED) is 0.284. The van der Waals surface area contributed by atoms with Crippen LogP contribution in [0.1, 0.15) is 32.6 Å². The van der Waals surface area contributed by atoms with E-state index >= 15 is 0 Å². The van der Waals surface area contributed by atoms with E-state index in [1.165, 1.54) is 13.2 Å². The molecular formula is C26H20ClNO5. The Kier molecular flexibility index (Phi) is 6.29. The molecule has 1 heterocycles. The predicted octanol–water partition coefficient (Wildman–Crippen LogP) is 5.53. The highest BCUT2D eigenvalue weighted by molar-refractivity contribution is 6.32. The van der Waals surface area contributed by atoms with Gasteiger partial charge < -0.3 is 14.2 Å². The van der Waals surface area contributed by atoms with Crippen LogP contribution in [0.5, 0.6) is 11.5 Å². The highest BCUT2D eigenvalue weighted by Gasteiger charge is 2.25. The van der Waals surface area contributed by atoms with Gasteiger partial charge in [-0.25, -0.2) is 14.6 Å². The lowest BCUT2D eigenvalue weighted by atomic mass is 10.1. The Morgan fingerprint density at radius 3 is 2.48 bits per heavy atom. The van der Waals surface area contributed by atoms with Crippen LogP contribution in [-0.4, -0.2) is 24.9 Å². The molecule has 0 unspecified atom stereocenters. The van der Waals surface area contributed by atoms with Gasteiger partial charge in [0.1, 0.15) is 0 Å². The van der Waals surface area contributed by atoms with Crippen molar-refractivity contribution in [1.82, 2.24) is 0 Å². The van der Waals surface area contributed by atoms with Crippen molar-refractivity contribution < 1.29 is 23.8 Å². The molecule has 7 heteroatoms. The smallest absolute Gasteiger partial charge is 0.363 e. The lowest BCUT2D eigenvalue weighted by molar-refractivity contribution is -0.129. The Morgan fingerprint density at radius 2 is 1.79 bits per heavy atom. The molecule has 0 spiro atoms. The van der Waals surface area contributed by atoms with E-state index in [9.17, 15) is 9.59 Å². The van der Waals surface area contributed by atoms with E-state index in [1.807, 2.05) is 50.2 Å².